The predicted octanol–water partition coefficient (Wildman–Crippen LogP) is 1.87. The third kappa shape index (κ3) is 4.68. The Hall–Kier alpha value is -1.00. The van der Waals surface area contributed by atoms with Gasteiger partial charge in [-0.1, -0.05) is 48.7 Å². The molecule has 0 radical (unpaired) electrons. The number of nitrogens with one attached hydrogen (secondary N) is 2. The zero-order chi connectivity index (χ0) is 11.6. The highest BCUT2D eigenvalue weighted by Crippen LogP contribution is 2.09. The van der Waals surface area contributed by atoms with Crippen LogP contribution in [-0.4, -0.2) is 24.1 Å². The Morgan fingerprint density at radius 3 is 1.69 bits per heavy atom. The average molecular weight is 252 g/mol. The molecule has 0 amide bonds. The fourth-order valence-electron chi connectivity index (χ4n) is 1.58. The van der Waals surface area contributed by atoms with E-state index in [1.165, 1.54) is 11.1 Å². The highest BCUT2D eigenvalue weighted by molar-refractivity contribution is 7.79. The predicted molar refractivity (Wildman–Crippen MR) is 77.2 cm³/mol. The minimum Gasteiger partial charge on any atom is -0.382 e. The molecule has 0 aliphatic carbocycles. The van der Waals surface area contributed by atoms with Crippen molar-refractivity contribution < 1.29 is 0 Å². The van der Waals surface area contributed by atoms with Crippen molar-refractivity contribution in [3.63, 3.8) is 0 Å². The van der Waals surface area contributed by atoms with E-state index in [4.69, 9.17) is 24.4 Å². The fraction of sp³-hybridized carbons (Fsp3) is 0.333. The Morgan fingerprint density at radius 2 is 1.31 bits per heavy atom. The molecule has 0 unspecified atom stereocenters. The largest absolute Gasteiger partial charge is 0.382 e. The third-order valence-electron chi connectivity index (χ3n) is 2.36. The van der Waals surface area contributed by atoms with Gasteiger partial charge in [-0.05, 0) is 24.0 Å². The molecule has 0 aliphatic rings. The molecule has 0 spiro atoms. The quantitative estimate of drug-likeness (QED) is 0.545. The van der Waals surface area contributed by atoms with Gasteiger partial charge in [-0.15, -0.1) is 0 Å². The van der Waals surface area contributed by atoms with Crippen molar-refractivity contribution in [1.82, 2.24) is 10.6 Å². The molecule has 4 heteroatoms. The summed E-state index contributed by atoms with van der Waals surface area (Å²) in [5.74, 6) is 0. The van der Waals surface area contributed by atoms with E-state index < -0.39 is 0 Å². The van der Waals surface area contributed by atoms with Crippen molar-refractivity contribution in [1.29, 1.82) is 0 Å². The first-order chi connectivity index (χ1) is 7.88. The molecule has 0 heterocycles. The molecule has 1 aromatic carbocycles. The van der Waals surface area contributed by atoms with E-state index in [-0.39, 0.29) is 0 Å². The summed E-state index contributed by atoms with van der Waals surface area (Å²) in [5.41, 5.74) is 5.88. The Balaban J connectivity index is 2.52. The van der Waals surface area contributed by atoms with Crippen LogP contribution in [-0.2, 0) is 12.8 Å². The number of rotatable bonds is 8. The van der Waals surface area contributed by atoms with Gasteiger partial charge in [0.05, 0.1) is 11.0 Å². The second-order valence-corrected chi connectivity index (χ2v) is 3.88. The Morgan fingerprint density at radius 1 is 0.875 bits per heavy atom. The summed E-state index contributed by atoms with van der Waals surface area (Å²) >= 11 is 9.45. The van der Waals surface area contributed by atoms with E-state index in [0.29, 0.717) is 0 Å². The first-order valence-electron chi connectivity index (χ1n) is 5.29. The first-order valence-corrected chi connectivity index (χ1v) is 6.23. The van der Waals surface area contributed by atoms with Crippen molar-refractivity contribution in [2.75, 3.05) is 13.1 Å². The van der Waals surface area contributed by atoms with Crippen LogP contribution in [0.1, 0.15) is 11.1 Å². The molecular formula is C12H16N2S2. The molecule has 0 aliphatic heterocycles. The van der Waals surface area contributed by atoms with Gasteiger partial charge in [0.25, 0.3) is 0 Å². The molecule has 0 saturated carbocycles. The summed E-state index contributed by atoms with van der Waals surface area (Å²) in [5, 5.41) is 6.09. The van der Waals surface area contributed by atoms with E-state index in [2.05, 4.69) is 34.9 Å². The maximum Gasteiger partial charge on any atom is 0.0614 e. The molecule has 2 nitrogen and oxygen atoms in total. The van der Waals surface area contributed by atoms with Crippen LogP contribution < -0.4 is 10.6 Å². The number of benzene rings is 1. The molecule has 0 fully saturated rings. The van der Waals surface area contributed by atoms with Gasteiger partial charge < -0.3 is 10.6 Å². The van der Waals surface area contributed by atoms with Gasteiger partial charge in [0.15, 0.2) is 0 Å². The van der Waals surface area contributed by atoms with Crippen molar-refractivity contribution >= 4 is 35.4 Å². The van der Waals surface area contributed by atoms with Crippen LogP contribution in [0.25, 0.3) is 0 Å². The van der Waals surface area contributed by atoms with E-state index in [9.17, 15) is 0 Å². The molecule has 1 rings (SSSR count). The molecular weight excluding hydrogens is 236 g/mol. The normalized spacial score (nSPS) is 9.50. The van der Waals surface area contributed by atoms with Crippen LogP contribution in [0.2, 0.25) is 0 Å². The van der Waals surface area contributed by atoms with E-state index in [1.807, 2.05) is 0 Å². The monoisotopic (exact) mass is 252 g/mol. The summed E-state index contributed by atoms with van der Waals surface area (Å²) < 4.78 is 0. The first kappa shape index (κ1) is 13.1. The van der Waals surface area contributed by atoms with Crippen molar-refractivity contribution in [3.8, 4) is 0 Å². The van der Waals surface area contributed by atoms with Gasteiger partial charge in [-0.2, -0.15) is 0 Å². The van der Waals surface area contributed by atoms with E-state index in [1.54, 1.807) is 11.0 Å². The molecule has 1 aromatic rings. The number of hydrogen-bond acceptors (Lipinski definition) is 2. The maximum absolute atomic E-state index is 4.72. The standard InChI is InChI=1S/C12H16N2S2/c15-9-13-7-5-11-3-1-2-4-12(11)6-8-14-10-16/h1-4,9-10H,5-8H2,(H,13,15)(H,14,16). The minimum absolute atomic E-state index is 0.890. The fourth-order valence-corrected chi connectivity index (χ4v) is 1.81. The van der Waals surface area contributed by atoms with Crippen molar-refractivity contribution in [2.45, 2.75) is 12.8 Å². The lowest BCUT2D eigenvalue weighted by molar-refractivity contribution is 0.839. The molecule has 0 atom stereocenters. The maximum atomic E-state index is 4.72. The molecule has 0 aromatic heterocycles. The SMILES string of the molecule is S=CNCCc1ccccc1CCNC=S. The van der Waals surface area contributed by atoms with Gasteiger partial charge in [0, 0.05) is 13.1 Å². The summed E-state index contributed by atoms with van der Waals surface area (Å²) in [6.07, 6.45) is 2.00. The average Bonchev–Trinajstić information content (AvgIpc) is 2.32. The molecule has 16 heavy (non-hydrogen) atoms. The second kappa shape index (κ2) is 8.19. The lowest BCUT2D eigenvalue weighted by Crippen LogP contribution is -2.16. The van der Waals surface area contributed by atoms with Gasteiger partial charge >= 0.3 is 0 Å². The topological polar surface area (TPSA) is 24.1 Å². The van der Waals surface area contributed by atoms with Crippen LogP contribution in [0.3, 0.4) is 0 Å². The van der Waals surface area contributed by atoms with Crippen LogP contribution >= 0.6 is 24.4 Å². The van der Waals surface area contributed by atoms with Gasteiger partial charge in [0.2, 0.25) is 0 Å². The Labute approximate surface area is 107 Å². The Kier molecular flexibility index (Phi) is 6.69. The van der Waals surface area contributed by atoms with Gasteiger partial charge in [-0.25, -0.2) is 0 Å². The minimum atomic E-state index is 0.890. The Bertz CT molecular complexity index is 307. The molecule has 2 N–H and O–H groups in total. The van der Waals surface area contributed by atoms with Crippen LogP contribution in [0.4, 0.5) is 0 Å². The summed E-state index contributed by atoms with van der Waals surface area (Å²) in [6, 6.07) is 8.47. The molecule has 86 valence electrons. The lowest BCUT2D eigenvalue weighted by atomic mass is 10.0. The highest BCUT2D eigenvalue weighted by Gasteiger charge is 2.00. The van der Waals surface area contributed by atoms with Crippen molar-refractivity contribution in [3.05, 3.63) is 35.4 Å². The van der Waals surface area contributed by atoms with Crippen molar-refractivity contribution in [2.24, 2.45) is 0 Å². The highest BCUT2D eigenvalue weighted by atomic mass is 32.1. The van der Waals surface area contributed by atoms with E-state index >= 15 is 0 Å². The van der Waals surface area contributed by atoms with Crippen LogP contribution in [0, 0.1) is 0 Å². The summed E-state index contributed by atoms with van der Waals surface area (Å²) in [4.78, 5) is 0. The third-order valence-corrected chi connectivity index (χ3v) is 2.70. The lowest BCUT2D eigenvalue weighted by Gasteiger charge is -2.09. The smallest absolute Gasteiger partial charge is 0.0614 e. The number of hydrogen-bond donors (Lipinski definition) is 2. The van der Waals surface area contributed by atoms with Gasteiger partial charge in [-0.3, -0.25) is 0 Å². The second-order valence-electron chi connectivity index (χ2n) is 3.41. The van der Waals surface area contributed by atoms with E-state index in [0.717, 1.165) is 25.9 Å². The van der Waals surface area contributed by atoms with Crippen LogP contribution in [0.5, 0.6) is 0 Å². The van der Waals surface area contributed by atoms with Crippen LogP contribution in [0.15, 0.2) is 24.3 Å². The zero-order valence-electron chi connectivity index (χ0n) is 9.11. The molecule has 0 saturated heterocycles. The van der Waals surface area contributed by atoms with Gasteiger partial charge in [0.1, 0.15) is 0 Å². The summed E-state index contributed by atoms with van der Waals surface area (Å²) in [7, 11) is 0. The molecule has 0 bridgehead atoms. The summed E-state index contributed by atoms with van der Waals surface area (Å²) in [6.45, 7) is 1.78. The number of thiocarbonyl (C=S) groups is 2. The zero-order valence-corrected chi connectivity index (χ0v) is 10.7.